The van der Waals surface area contributed by atoms with Crippen molar-refractivity contribution in [3.8, 4) is 11.5 Å². The van der Waals surface area contributed by atoms with Gasteiger partial charge in [-0.15, -0.1) is 9.90 Å². The largest absolute Gasteiger partial charge is 0.390 e. The molecule has 2 N–H and O–H groups in total. The molecule has 13 heteroatoms. The molecule has 0 aliphatic heterocycles. The summed E-state index contributed by atoms with van der Waals surface area (Å²) in [7, 11) is 0. The predicted molar refractivity (Wildman–Crippen MR) is 126 cm³/mol. The number of aliphatic hydroxyl groups is 1. The van der Waals surface area contributed by atoms with Gasteiger partial charge in [0.25, 0.3) is 11.8 Å². The van der Waals surface area contributed by atoms with Crippen molar-refractivity contribution in [2.75, 3.05) is 5.32 Å². The maximum absolute atomic E-state index is 14.8. The van der Waals surface area contributed by atoms with Crippen LogP contribution in [0.2, 0.25) is 5.02 Å². The first-order valence-electron chi connectivity index (χ1n) is 10.6. The number of pyridine rings is 2. The Balaban J connectivity index is 1.49. The molecular weight excluding hydrogens is 494 g/mol. The number of benzene rings is 1. The van der Waals surface area contributed by atoms with E-state index in [1.807, 2.05) is 0 Å². The molecule has 1 amide bonds. The van der Waals surface area contributed by atoms with E-state index >= 15 is 0 Å². The molecule has 0 fully saturated rings. The van der Waals surface area contributed by atoms with Gasteiger partial charge in [0.15, 0.2) is 5.82 Å². The van der Waals surface area contributed by atoms with Crippen molar-refractivity contribution in [1.29, 1.82) is 0 Å². The van der Waals surface area contributed by atoms with E-state index in [1.54, 1.807) is 36.5 Å². The number of fused-ring (bicyclic) bond motifs is 1. The molecule has 0 spiro atoms. The highest BCUT2D eigenvalue weighted by atomic mass is 35.5. The molecule has 0 radical (unpaired) electrons. The topological polar surface area (TPSA) is 124 Å². The SMILES string of the molecule is CC(F)(F)c1c(C(=O)Nc2cnc(-n3ncc(CO)n3)c(Cl)c2)cnn1-c1cccc2ncccc12. The van der Waals surface area contributed by atoms with Gasteiger partial charge >= 0.3 is 0 Å². The van der Waals surface area contributed by atoms with E-state index in [9.17, 15) is 13.6 Å². The van der Waals surface area contributed by atoms with Crippen LogP contribution < -0.4 is 5.32 Å². The average Bonchev–Trinajstić information content (AvgIpc) is 3.51. The molecule has 0 atom stereocenters. The van der Waals surface area contributed by atoms with Crippen molar-refractivity contribution in [2.45, 2.75) is 19.5 Å². The number of nitrogens with zero attached hydrogens (tertiary/aromatic N) is 7. The van der Waals surface area contributed by atoms with E-state index in [4.69, 9.17) is 16.7 Å². The summed E-state index contributed by atoms with van der Waals surface area (Å²) < 4.78 is 30.7. The fourth-order valence-electron chi connectivity index (χ4n) is 3.71. The first-order valence-corrected chi connectivity index (χ1v) is 10.9. The molecule has 36 heavy (non-hydrogen) atoms. The number of nitrogens with one attached hydrogen (secondary N) is 1. The fourth-order valence-corrected chi connectivity index (χ4v) is 3.95. The number of carbonyl (C=O) groups is 1. The number of hydrogen-bond acceptors (Lipinski definition) is 7. The second-order valence-corrected chi connectivity index (χ2v) is 8.23. The summed E-state index contributed by atoms with van der Waals surface area (Å²) in [6.45, 7) is 0.394. The van der Waals surface area contributed by atoms with Gasteiger partial charge in [-0.2, -0.15) is 19.0 Å². The standard InChI is InChI=1S/C23H17ClF2N8O2/c1-23(25,26)20-16(11-29-33(20)19-6-2-5-18-15(19)4-3-7-27-18)22(36)31-13-8-17(24)21(28-9-13)34-30-10-14(12-35)32-34/h2-11,35H,12H2,1H3,(H,31,36). The molecule has 4 heterocycles. The predicted octanol–water partition coefficient (Wildman–Crippen LogP) is 3.91. The Kier molecular flexibility index (Phi) is 5.90. The lowest BCUT2D eigenvalue weighted by Gasteiger charge is -2.17. The number of aromatic nitrogens is 7. The second kappa shape index (κ2) is 9.06. The molecule has 0 aliphatic carbocycles. The lowest BCUT2D eigenvalue weighted by Crippen LogP contribution is -2.21. The summed E-state index contributed by atoms with van der Waals surface area (Å²) in [5, 5.41) is 24.5. The normalized spacial score (nSPS) is 11.7. The highest BCUT2D eigenvalue weighted by Gasteiger charge is 2.36. The Bertz CT molecular complexity index is 1590. The van der Waals surface area contributed by atoms with Gasteiger partial charge in [0.2, 0.25) is 0 Å². The van der Waals surface area contributed by atoms with E-state index in [-0.39, 0.29) is 28.7 Å². The van der Waals surface area contributed by atoms with Crippen molar-refractivity contribution >= 4 is 34.1 Å². The lowest BCUT2D eigenvalue weighted by molar-refractivity contribution is 0.00940. The highest BCUT2D eigenvalue weighted by molar-refractivity contribution is 6.32. The van der Waals surface area contributed by atoms with E-state index in [0.717, 1.165) is 15.7 Å². The molecule has 0 unspecified atom stereocenters. The van der Waals surface area contributed by atoms with Gasteiger partial charge in [-0.1, -0.05) is 17.7 Å². The minimum Gasteiger partial charge on any atom is -0.390 e. The molecule has 0 saturated heterocycles. The Hall–Kier alpha value is -4.29. The van der Waals surface area contributed by atoms with Gasteiger partial charge in [-0.3, -0.25) is 9.78 Å². The maximum Gasteiger partial charge on any atom is 0.287 e. The number of aliphatic hydroxyl groups excluding tert-OH is 1. The number of halogens is 3. The van der Waals surface area contributed by atoms with Crippen LogP contribution in [0.4, 0.5) is 14.5 Å². The van der Waals surface area contributed by atoms with Crippen molar-refractivity contribution in [2.24, 2.45) is 0 Å². The number of rotatable bonds is 6. The minimum absolute atomic E-state index is 0.0906. The fraction of sp³-hybridized carbons (Fsp3) is 0.130. The molecule has 4 aromatic heterocycles. The van der Waals surface area contributed by atoms with Crippen LogP contribution in [-0.4, -0.2) is 45.8 Å². The molecule has 182 valence electrons. The Morgan fingerprint density at radius 3 is 2.69 bits per heavy atom. The van der Waals surface area contributed by atoms with Crippen LogP contribution in [0.3, 0.4) is 0 Å². The van der Waals surface area contributed by atoms with E-state index < -0.39 is 17.5 Å². The molecule has 0 bridgehead atoms. The maximum atomic E-state index is 14.8. The summed E-state index contributed by atoms with van der Waals surface area (Å²) in [5.41, 5.74) is 0.543. The van der Waals surface area contributed by atoms with Gasteiger partial charge < -0.3 is 10.4 Å². The van der Waals surface area contributed by atoms with Gasteiger partial charge in [-0.25, -0.2) is 9.67 Å². The quantitative estimate of drug-likeness (QED) is 0.355. The van der Waals surface area contributed by atoms with Crippen molar-refractivity contribution < 1.29 is 18.7 Å². The molecule has 0 saturated carbocycles. The summed E-state index contributed by atoms with van der Waals surface area (Å²) in [4.78, 5) is 22.6. The van der Waals surface area contributed by atoms with Gasteiger partial charge in [0.05, 0.1) is 52.7 Å². The van der Waals surface area contributed by atoms with Crippen molar-refractivity contribution in [3.63, 3.8) is 0 Å². The van der Waals surface area contributed by atoms with E-state index in [0.29, 0.717) is 29.2 Å². The number of alkyl halides is 2. The first-order chi connectivity index (χ1) is 17.3. The third-order valence-electron chi connectivity index (χ3n) is 5.25. The Morgan fingerprint density at radius 1 is 1.14 bits per heavy atom. The monoisotopic (exact) mass is 510 g/mol. The molecular formula is C23H17ClF2N8O2. The van der Waals surface area contributed by atoms with Crippen LogP contribution in [0, 0.1) is 0 Å². The average molecular weight is 511 g/mol. The number of amides is 1. The van der Waals surface area contributed by atoms with Crippen LogP contribution in [0.5, 0.6) is 0 Å². The number of hydrogen-bond donors (Lipinski definition) is 2. The van der Waals surface area contributed by atoms with Gasteiger partial charge in [0.1, 0.15) is 11.4 Å². The van der Waals surface area contributed by atoms with Crippen LogP contribution >= 0.6 is 11.6 Å². The van der Waals surface area contributed by atoms with E-state index in [2.05, 4.69) is 30.6 Å². The number of carbonyl (C=O) groups excluding carboxylic acids is 1. The van der Waals surface area contributed by atoms with Crippen LogP contribution in [0.25, 0.3) is 22.4 Å². The Morgan fingerprint density at radius 2 is 1.97 bits per heavy atom. The summed E-state index contributed by atoms with van der Waals surface area (Å²) in [6, 6.07) is 9.87. The van der Waals surface area contributed by atoms with Crippen LogP contribution in [-0.2, 0) is 12.5 Å². The lowest BCUT2D eigenvalue weighted by atomic mass is 10.1. The molecule has 5 aromatic rings. The smallest absolute Gasteiger partial charge is 0.287 e. The zero-order chi connectivity index (χ0) is 25.4. The highest BCUT2D eigenvalue weighted by Crippen LogP contribution is 2.34. The Labute approximate surface area is 207 Å². The van der Waals surface area contributed by atoms with Gasteiger partial charge in [-0.05, 0) is 30.3 Å². The van der Waals surface area contributed by atoms with Gasteiger partial charge in [0, 0.05) is 18.5 Å². The summed E-state index contributed by atoms with van der Waals surface area (Å²) in [6.07, 6.45) is 5.32. The molecule has 5 rings (SSSR count). The van der Waals surface area contributed by atoms with Crippen molar-refractivity contribution in [1.82, 2.24) is 34.7 Å². The third kappa shape index (κ3) is 4.27. The number of anilines is 1. The second-order valence-electron chi connectivity index (χ2n) is 7.82. The van der Waals surface area contributed by atoms with Crippen molar-refractivity contribution in [3.05, 3.63) is 83.2 Å². The van der Waals surface area contributed by atoms with E-state index in [1.165, 1.54) is 18.5 Å². The first kappa shape index (κ1) is 23.5. The summed E-state index contributed by atoms with van der Waals surface area (Å²) in [5.74, 6) is -4.06. The third-order valence-corrected chi connectivity index (χ3v) is 5.53. The van der Waals surface area contributed by atoms with Crippen LogP contribution in [0.15, 0.2) is 61.2 Å². The molecule has 10 nitrogen and oxygen atoms in total. The zero-order valence-electron chi connectivity index (χ0n) is 18.6. The molecule has 1 aromatic carbocycles. The summed E-state index contributed by atoms with van der Waals surface area (Å²) >= 11 is 6.27. The molecule has 0 aliphatic rings. The van der Waals surface area contributed by atoms with Crippen LogP contribution in [0.1, 0.15) is 28.7 Å². The minimum atomic E-state index is -3.40. The zero-order valence-corrected chi connectivity index (χ0v) is 19.4.